The van der Waals surface area contributed by atoms with Gasteiger partial charge in [0.1, 0.15) is 0 Å². The molecule has 0 spiro atoms. The topological polar surface area (TPSA) is 52.9 Å². The van der Waals surface area contributed by atoms with Crippen molar-refractivity contribution >= 4 is 33.1 Å². The molecule has 0 aliphatic heterocycles. The van der Waals surface area contributed by atoms with Crippen LogP contribution in [-0.2, 0) is 10.8 Å². The molecule has 6 heteroatoms. The lowest BCUT2D eigenvalue weighted by molar-refractivity contribution is 0.590. The molecule has 4 aromatic carbocycles. The predicted octanol–water partition coefficient (Wildman–Crippen LogP) is 12.8. The first kappa shape index (κ1) is 38.3. The Morgan fingerprint density at radius 2 is 0.836 bits per heavy atom. The second kappa shape index (κ2) is 14.0. The van der Waals surface area contributed by atoms with Crippen molar-refractivity contribution in [1.82, 2.24) is 23.8 Å². The van der Waals surface area contributed by atoms with Gasteiger partial charge in [0.05, 0.1) is 22.4 Å². The maximum Gasteiger partial charge on any atom is 0.240 e. The maximum atomic E-state index is 5.90. The summed E-state index contributed by atoms with van der Waals surface area (Å²) < 4.78 is 6.82. The summed E-state index contributed by atoms with van der Waals surface area (Å²) in [6.45, 7) is 32.0. The van der Waals surface area contributed by atoms with Gasteiger partial charge in [-0.05, 0) is 92.1 Å². The average Bonchev–Trinajstić information content (AvgIpc) is 3.61. The van der Waals surface area contributed by atoms with Crippen molar-refractivity contribution in [2.45, 2.75) is 131 Å². The van der Waals surface area contributed by atoms with Gasteiger partial charge in [-0.1, -0.05) is 145 Å². The Hall–Kier alpha value is -4.97. The smallest absolute Gasteiger partial charge is 0.240 e. The second-order valence-electron chi connectivity index (χ2n) is 18.7. The Labute approximate surface area is 328 Å². The number of hydrogen-bond donors (Lipinski definition) is 0. The van der Waals surface area contributed by atoms with Crippen molar-refractivity contribution in [3.8, 4) is 11.4 Å². The normalized spacial score (nSPS) is 12.8. The molecule has 0 amide bonds. The molecule has 286 valence electrons. The van der Waals surface area contributed by atoms with E-state index in [4.69, 9.17) is 15.1 Å². The molecule has 0 bridgehead atoms. The zero-order chi connectivity index (χ0) is 39.7. The van der Waals surface area contributed by atoms with Crippen molar-refractivity contribution in [3.63, 3.8) is 0 Å². The molecule has 7 aromatic rings. The van der Waals surface area contributed by atoms with E-state index in [0.29, 0.717) is 0 Å². The molecule has 0 N–H and O–H groups in total. The van der Waals surface area contributed by atoms with Crippen LogP contribution >= 0.6 is 0 Å². The van der Waals surface area contributed by atoms with Crippen molar-refractivity contribution in [3.05, 3.63) is 124 Å². The average molecular weight is 733 g/mol. The van der Waals surface area contributed by atoms with Crippen molar-refractivity contribution in [2.24, 2.45) is 5.10 Å². The van der Waals surface area contributed by atoms with Crippen molar-refractivity contribution in [1.29, 1.82) is 0 Å². The molecular weight excluding hydrogens is 673 g/mol. The van der Waals surface area contributed by atoms with Gasteiger partial charge in [-0.25, -0.2) is 14.6 Å². The van der Waals surface area contributed by atoms with E-state index in [1.807, 2.05) is 12.4 Å². The minimum Gasteiger partial charge on any atom is -0.259 e. The molecule has 3 aromatic heterocycles. The Morgan fingerprint density at radius 3 is 1.15 bits per heavy atom. The maximum absolute atomic E-state index is 5.90. The zero-order valence-corrected chi connectivity index (χ0v) is 35.6. The van der Waals surface area contributed by atoms with Gasteiger partial charge in [0.2, 0.25) is 5.62 Å². The number of rotatable bonds is 7. The van der Waals surface area contributed by atoms with Crippen LogP contribution in [0, 0.1) is 0 Å². The Kier molecular flexibility index (Phi) is 9.72. The third-order valence-electron chi connectivity index (χ3n) is 11.3. The number of aromatic nitrogens is 5. The number of benzene rings is 4. The first-order chi connectivity index (χ1) is 25.9. The molecular formula is C49H60N6. The number of hydrogen-bond acceptors (Lipinski definition) is 3. The number of nitrogens with zero attached hydrogens (tertiary/aromatic N) is 6. The highest BCUT2D eigenvalue weighted by molar-refractivity contribution is 6.08. The quantitative estimate of drug-likeness (QED) is 0.164. The van der Waals surface area contributed by atoms with Gasteiger partial charge in [-0.2, -0.15) is 0 Å². The summed E-state index contributed by atoms with van der Waals surface area (Å²) in [6.07, 6.45) is 3.64. The molecule has 6 nitrogen and oxygen atoms in total. The van der Waals surface area contributed by atoms with Gasteiger partial charge < -0.3 is 0 Å². The molecule has 0 fully saturated rings. The number of para-hydroxylation sites is 2. The second-order valence-corrected chi connectivity index (χ2v) is 18.7. The van der Waals surface area contributed by atoms with E-state index in [0.717, 1.165) is 39.3 Å². The van der Waals surface area contributed by atoms with Crippen LogP contribution in [0.1, 0.15) is 154 Å². The predicted molar refractivity (Wildman–Crippen MR) is 232 cm³/mol. The molecule has 0 aliphatic carbocycles. The number of imidazole rings is 1. The van der Waals surface area contributed by atoms with E-state index in [2.05, 4.69) is 184 Å². The lowest BCUT2D eigenvalue weighted by atomic mass is 9.85. The van der Waals surface area contributed by atoms with Crippen LogP contribution in [0.3, 0.4) is 0 Å². The summed E-state index contributed by atoms with van der Waals surface area (Å²) in [6, 6.07) is 27.4. The molecule has 3 heterocycles. The van der Waals surface area contributed by atoms with Gasteiger partial charge >= 0.3 is 0 Å². The van der Waals surface area contributed by atoms with E-state index >= 15 is 0 Å². The fourth-order valence-electron chi connectivity index (χ4n) is 8.10. The fraction of sp³-hybridized carbons (Fsp3) is 0.408. The van der Waals surface area contributed by atoms with Crippen LogP contribution < -0.4 is 5.62 Å². The van der Waals surface area contributed by atoms with E-state index in [9.17, 15) is 0 Å². The van der Waals surface area contributed by atoms with E-state index in [1.54, 1.807) is 0 Å². The Bertz CT molecular complexity index is 2400. The lowest BCUT2D eigenvalue weighted by Gasteiger charge is -2.22. The van der Waals surface area contributed by atoms with Gasteiger partial charge in [0.25, 0.3) is 0 Å². The van der Waals surface area contributed by atoms with Crippen LogP contribution in [-0.4, -0.2) is 23.8 Å². The van der Waals surface area contributed by atoms with Gasteiger partial charge in [0.15, 0.2) is 11.3 Å². The van der Waals surface area contributed by atoms with Gasteiger partial charge in [-0.15, -0.1) is 5.10 Å². The summed E-state index contributed by atoms with van der Waals surface area (Å²) in [4.78, 5) is 10.3. The summed E-state index contributed by atoms with van der Waals surface area (Å²) in [5.74, 6) is 1.05. The minimum atomic E-state index is -0.00418. The Balaban J connectivity index is 1.78. The molecule has 0 atom stereocenters. The van der Waals surface area contributed by atoms with E-state index in [-0.39, 0.29) is 34.5 Å². The standard InChI is InChI=1S/C49H60N6/c1-29(2)35-17-15-18-36(30(3)4)43(35)53-45-46(51-26-25-50-45)54(44-37(31(5)6)19-16-20-38(44)32(7)8)47(53)52-55-41-23-21-33(48(9,10)11)27-39(41)40-28-34(49(12,13)14)22-24-42(40)55/h15-32H,1-14H3. The molecule has 55 heavy (non-hydrogen) atoms. The molecule has 0 saturated heterocycles. The zero-order valence-electron chi connectivity index (χ0n) is 35.6. The highest BCUT2D eigenvalue weighted by Gasteiger charge is 2.28. The van der Waals surface area contributed by atoms with Crippen molar-refractivity contribution < 1.29 is 0 Å². The fourth-order valence-corrected chi connectivity index (χ4v) is 8.10. The van der Waals surface area contributed by atoms with Crippen LogP contribution in [0.4, 0.5) is 0 Å². The molecule has 0 radical (unpaired) electrons. The minimum absolute atomic E-state index is 0.00418. The van der Waals surface area contributed by atoms with Crippen LogP contribution in [0.2, 0.25) is 0 Å². The molecule has 0 aliphatic rings. The monoisotopic (exact) mass is 732 g/mol. The third kappa shape index (κ3) is 6.62. The third-order valence-corrected chi connectivity index (χ3v) is 11.3. The summed E-state index contributed by atoms with van der Waals surface area (Å²) in [7, 11) is 0. The molecule has 7 rings (SSSR count). The first-order valence-electron chi connectivity index (χ1n) is 20.2. The van der Waals surface area contributed by atoms with Gasteiger partial charge in [0, 0.05) is 23.2 Å². The summed E-state index contributed by atoms with van der Waals surface area (Å²) in [5.41, 5.74) is 14.4. The summed E-state index contributed by atoms with van der Waals surface area (Å²) >= 11 is 0. The van der Waals surface area contributed by atoms with E-state index < -0.39 is 0 Å². The highest BCUT2D eigenvalue weighted by atomic mass is 15.4. The number of fused-ring (bicyclic) bond motifs is 4. The van der Waals surface area contributed by atoms with Gasteiger partial charge in [-0.3, -0.25) is 9.13 Å². The Morgan fingerprint density at radius 1 is 0.491 bits per heavy atom. The highest BCUT2D eigenvalue weighted by Crippen LogP contribution is 2.38. The molecule has 0 unspecified atom stereocenters. The first-order valence-corrected chi connectivity index (χ1v) is 20.2. The lowest BCUT2D eigenvalue weighted by Crippen LogP contribution is -2.29. The van der Waals surface area contributed by atoms with Crippen LogP contribution in [0.25, 0.3) is 44.5 Å². The largest absolute Gasteiger partial charge is 0.259 e. The summed E-state index contributed by atoms with van der Waals surface area (Å²) in [5, 5.41) is 8.31. The van der Waals surface area contributed by atoms with Crippen LogP contribution in [0.15, 0.2) is 90.3 Å². The van der Waals surface area contributed by atoms with Crippen LogP contribution in [0.5, 0.6) is 0 Å². The molecule has 0 saturated carbocycles. The van der Waals surface area contributed by atoms with Crippen molar-refractivity contribution in [2.75, 3.05) is 0 Å². The van der Waals surface area contributed by atoms with E-state index in [1.165, 1.54) is 44.2 Å². The SMILES string of the molecule is CC(C)c1cccc(C(C)C)c1-n1c(=Nn2c3ccc(C(C)(C)C)cc3c3cc(C(C)(C)C)ccc32)n(-c2c(C(C)C)cccc2C(C)C)c2nccnc21.